The van der Waals surface area contributed by atoms with E-state index in [9.17, 15) is 0 Å². The van der Waals surface area contributed by atoms with Crippen LogP contribution >= 0.6 is 0 Å². The van der Waals surface area contributed by atoms with Crippen molar-refractivity contribution in [2.24, 2.45) is 0 Å². The molecule has 0 bridgehead atoms. The van der Waals surface area contributed by atoms with Crippen LogP contribution in [0.4, 0.5) is 0 Å². The molecule has 0 aliphatic carbocycles. The van der Waals surface area contributed by atoms with E-state index in [2.05, 4.69) is 210 Å². The molecule has 0 unspecified atom stereocenters. The zero-order chi connectivity index (χ0) is 41.9. The van der Waals surface area contributed by atoms with Crippen LogP contribution < -0.4 is 0 Å². The van der Waals surface area contributed by atoms with Gasteiger partial charge < -0.3 is 9.13 Å². The van der Waals surface area contributed by atoms with Crippen molar-refractivity contribution in [2.45, 2.75) is 6.92 Å². The van der Waals surface area contributed by atoms with Crippen molar-refractivity contribution in [3.8, 4) is 67.8 Å². The summed E-state index contributed by atoms with van der Waals surface area (Å²) >= 11 is 0. The summed E-state index contributed by atoms with van der Waals surface area (Å²) in [6.07, 6.45) is 0. The smallest absolute Gasteiger partial charge is 0.164 e. The third-order valence-corrected chi connectivity index (χ3v) is 12.2. The van der Waals surface area contributed by atoms with Crippen molar-refractivity contribution in [2.75, 3.05) is 0 Å². The Labute approximate surface area is 364 Å². The molecule has 0 radical (unpaired) electrons. The fourth-order valence-corrected chi connectivity index (χ4v) is 9.26. The Hall–Kier alpha value is -8.41. The van der Waals surface area contributed by atoms with Crippen molar-refractivity contribution in [1.82, 2.24) is 24.1 Å². The number of hydrogen-bond acceptors (Lipinski definition) is 3. The minimum absolute atomic E-state index is 0.604. The minimum atomic E-state index is 0.604. The van der Waals surface area contributed by atoms with E-state index in [0.29, 0.717) is 17.5 Å². The number of para-hydroxylation sites is 2. The van der Waals surface area contributed by atoms with Crippen LogP contribution in [0.1, 0.15) is 5.56 Å². The van der Waals surface area contributed by atoms with Crippen LogP contribution in [0.25, 0.3) is 111 Å². The number of aryl methyl sites for hydroxylation is 1. The summed E-state index contributed by atoms with van der Waals surface area (Å²) in [5, 5.41) is 4.86. The van der Waals surface area contributed by atoms with Crippen molar-refractivity contribution in [1.29, 1.82) is 0 Å². The number of benzene rings is 9. The largest absolute Gasteiger partial charge is 0.309 e. The summed E-state index contributed by atoms with van der Waals surface area (Å²) in [6, 6.07) is 77.5. The highest BCUT2D eigenvalue weighted by atomic mass is 15.0. The molecule has 9 aromatic carbocycles. The normalized spacial score (nSPS) is 11.6. The summed E-state index contributed by atoms with van der Waals surface area (Å²) in [4.78, 5) is 15.6. The van der Waals surface area contributed by atoms with Gasteiger partial charge >= 0.3 is 0 Å². The maximum Gasteiger partial charge on any atom is 0.164 e. The van der Waals surface area contributed by atoms with Gasteiger partial charge in [0.15, 0.2) is 17.5 Å². The molecule has 296 valence electrons. The monoisotopic (exact) mass is 805 g/mol. The zero-order valence-electron chi connectivity index (χ0n) is 34.5. The summed E-state index contributed by atoms with van der Waals surface area (Å²) in [5.74, 6) is 1.84. The summed E-state index contributed by atoms with van der Waals surface area (Å²) in [7, 11) is 0. The van der Waals surface area contributed by atoms with Gasteiger partial charge in [0.05, 0.1) is 27.8 Å². The molecule has 0 spiro atoms. The molecule has 0 aliphatic heterocycles. The van der Waals surface area contributed by atoms with E-state index in [1.54, 1.807) is 0 Å². The van der Waals surface area contributed by atoms with Crippen molar-refractivity contribution in [3.63, 3.8) is 0 Å². The standard InChI is InChI=1S/C58H39N5/c1-38-28-33-48-47-22-11-13-24-50(47)63(54(48)34-38)53-27-15-26-52-55(53)49-23-12-14-25-51(49)62(52)46-36-44(40-18-7-3-8-19-40)35-45(37-46)58-60-56(42-20-9-4-10-21-42)59-57(61-58)43-31-29-41(30-32-43)39-16-5-2-6-17-39/h2-37H,1H3. The number of hydrogen-bond donors (Lipinski definition) is 0. The lowest BCUT2D eigenvalue weighted by Gasteiger charge is -2.15. The Kier molecular flexibility index (Phi) is 8.64. The summed E-state index contributed by atoms with van der Waals surface area (Å²) in [5.41, 5.74) is 15.2. The summed E-state index contributed by atoms with van der Waals surface area (Å²) < 4.78 is 4.86. The highest BCUT2D eigenvalue weighted by Gasteiger charge is 2.21. The SMILES string of the molecule is Cc1ccc2c3ccccc3n(-c3cccc4c3c3ccccc3n4-c3cc(-c4ccccc4)cc(-c4nc(-c5ccccc5)nc(-c5ccc(-c6ccccc6)cc5)n4)c3)c2c1. The second-order valence-electron chi connectivity index (χ2n) is 16.1. The predicted octanol–water partition coefficient (Wildman–Crippen LogP) is 14.7. The molecule has 12 aromatic rings. The Morgan fingerprint density at radius 1 is 0.302 bits per heavy atom. The highest BCUT2D eigenvalue weighted by Crippen LogP contribution is 2.41. The van der Waals surface area contributed by atoms with Gasteiger partial charge in [0.1, 0.15) is 0 Å². The third kappa shape index (κ3) is 6.29. The third-order valence-electron chi connectivity index (χ3n) is 12.2. The molecule has 0 saturated carbocycles. The highest BCUT2D eigenvalue weighted by molar-refractivity contribution is 6.16. The quantitative estimate of drug-likeness (QED) is 0.161. The minimum Gasteiger partial charge on any atom is -0.309 e. The van der Waals surface area contributed by atoms with Gasteiger partial charge in [-0.2, -0.15) is 0 Å². The number of fused-ring (bicyclic) bond motifs is 6. The Balaban J connectivity index is 1.10. The van der Waals surface area contributed by atoms with Gasteiger partial charge in [0, 0.05) is 43.9 Å². The number of aromatic nitrogens is 5. The second-order valence-corrected chi connectivity index (χ2v) is 16.1. The van der Waals surface area contributed by atoms with Gasteiger partial charge in [-0.05, 0) is 83.3 Å². The van der Waals surface area contributed by atoms with Crippen LogP contribution in [0.2, 0.25) is 0 Å². The first-order valence-electron chi connectivity index (χ1n) is 21.4. The Morgan fingerprint density at radius 3 is 1.46 bits per heavy atom. The van der Waals surface area contributed by atoms with Crippen LogP contribution in [0, 0.1) is 6.92 Å². The number of rotatable bonds is 7. The molecular formula is C58H39N5. The van der Waals surface area contributed by atoms with E-state index in [0.717, 1.165) is 61.4 Å². The number of nitrogens with zero attached hydrogens (tertiary/aromatic N) is 5. The van der Waals surface area contributed by atoms with Crippen LogP contribution in [0.3, 0.4) is 0 Å². The fourth-order valence-electron chi connectivity index (χ4n) is 9.26. The van der Waals surface area contributed by atoms with Crippen LogP contribution in [-0.4, -0.2) is 24.1 Å². The van der Waals surface area contributed by atoms with Crippen LogP contribution in [0.5, 0.6) is 0 Å². The fraction of sp³-hybridized carbons (Fsp3) is 0.0172. The predicted molar refractivity (Wildman–Crippen MR) is 260 cm³/mol. The van der Waals surface area contributed by atoms with Crippen LogP contribution in [0.15, 0.2) is 218 Å². The van der Waals surface area contributed by atoms with E-state index in [-0.39, 0.29) is 0 Å². The van der Waals surface area contributed by atoms with E-state index in [1.807, 2.05) is 24.3 Å². The molecule has 0 amide bonds. The molecule has 0 atom stereocenters. The molecule has 0 N–H and O–H groups in total. The van der Waals surface area contributed by atoms with Gasteiger partial charge in [-0.1, -0.05) is 170 Å². The molecule has 63 heavy (non-hydrogen) atoms. The maximum absolute atomic E-state index is 5.26. The van der Waals surface area contributed by atoms with Gasteiger partial charge in [0.2, 0.25) is 0 Å². The first kappa shape index (κ1) is 36.4. The molecule has 0 saturated heterocycles. The summed E-state index contributed by atoms with van der Waals surface area (Å²) in [6.45, 7) is 2.17. The Morgan fingerprint density at radius 2 is 0.778 bits per heavy atom. The molecule has 0 fully saturated rings. The van der Waals surface area contributed by atoms with Crippen molar-refractivity contribution >= 4 is 43.6 Å². The average Bonchev–Trinajstić information content (AvgIpc) is 3.87. The van der Waals surface area contributed by atoms with Gasteiger partial charge in [0.25, 0.3) is 0 Å². The molecule has 5 heteroatoms. The molecule has 3 aromatic heterocycles. The topological polar surface area (TPSA) is 48.5 Å². The van der Waals surface area contributed by atoms with Crippen molar-refractivity contribution < 1.29 is 0 Å². The van der Waals surface area contributed by atoms with Crippen molar-refractivity contribution in [3.05, 3.63) is 224 Å². The lowest BCUT2D eigenvalue weighted by Crippen LogP contribution is -2.02. The van der Waals surface area contributed by atoms with Gasteiger partial charge in [-0.15, -0.1) is 0 Å². The lowest BCUT2D eigenvalue weighted by molar-refractivity contribution is 1.07. The first-order chi connectivity index (χ1) is 31.1. The molecule has 12 rings (SSSR count). The van der Waals surface area contributed by atoms with E-state index in [4.69, 9.17) is 15.0 Å². The van der Waals surface area contributed by atoms with Gasteiger partial charge in [-0.3, -0.25) is 0 Å². The van der Waals surface area contributed by atoms with E-state index in [1.165, 1.54) is 38.1 Å². The maximum atomic E-state index is 5.26. The van der Waals surface area contributed by atoms with Crippen LogP contribution in [-0.2, 0) is 0 Å². The Bertz CT molecular complexity index is 3660. The lowest BCUT2D eigenvalue weighted by atomic mass is 10.0. The van der Waals surface area contributed by atoms with E-state index < -0.39 is 0 Å². The average molecular weight is 806 g/mol. The molecule has 0 aliphatic rings. The molecular weight excluding hydrogens is 767 g/mol. The van der Waals surface area contributed by atoms with Gasteiger partial charge in [-0.25, -0.2) is 15.0 Å². The first-order valence-corrected chi connectivity index (χ1v) is 21.4. The van der Waals surface area contributed by atoms with E-state index >= 15 is 0 Å². The molecule has 5 nitrogen and oxygen atoms in total. The second kappa shape index (κ2) is 14.9. The molecule has 3 heterocycles. The zero-order valence-corrected chi connectivity index (χ0v) is 34.5.